The molecule has 0 saturated heterocycles. The molecule has 4 heteroatoms. The molecule has 0 N–H and O–H groups in total. The monoisotopic (exact) mass is 221 g/mol. The van der Waals surface area contributed by atoms with Crippen molar-refractivity contribution in [2.45, 2.75) is 39.3 Å². The van der Waals surface area contributed by atoms with Crippen molar-refractivity contribution in [3.63, 3.8) is 0 Å². The van der Waals surface area contributed by atoms with Crippen LogP contribution in [0.2, 0.25) is 0 Å². The van der Waals surface area contributed by atoms with Gasteiger partial charge in [0, 0.05) is 24.2 Å². The highest BCUT2D eigenvalue weighted by Gasteiger charge is 2.22. The van der Waals surface area contributed by atoms with Crippen molar-refractivity contribution in [1.82, 2.24) is 14.5 Å². The third-order valence-electron chi connectivity index (χ3n) is 3.04. The van der Waals surface area contributed by atoms with Gasteiger partial charge in [0.2, 0.25) is 0 Å². The van der Waals surface area contributed by atoms with E-state index in [0.29, 0.717) is 0 Å². The van der Waals surface area contributed by atoms with E-state index >= 15 is 0 Å². The highest BCUT2D eigenvalue weighted by Crippen LogP contribution is 2.15. The van der Waals surface area contributed by atoms with Gasteiger partial charge in [0.25, 0.3) is 5.56 Å². The number of nitrogens with zero attached hydrogens (tertiary/aromatic N) is 3. The first-order valence-electron chi connectivity index (χ1n) is 5.68. The second kappa shape index (κ2) is 3.70. The first-order chi connectivity index (χ1) is 7.39. The number of hydrogen-bond donors (Lipinski definition) is 0. The van der Waals surface area contributed by atoms with E-state index in [9.17, 15) is 4.79 Å². The quantitative estimate of drug-likeness (QED) is 0.655. The number of fused-ring (bicyclic) bond motifs is 1. The van der Waals surface area contributed by atoms with Crippen molar-refractivity contribution in [1.29, 1.82) is 0 Å². The molecule has 0 atom stereocenters. The molecule has 4 nitrogen and oxygen atoms in total. The van der Waals surface area contributed by atoms with Crippen molar-refractivity contribution >= 4 is 0 Å². The minimum atomic E-state index is -0.192. The lowest BCUT2D eigenvalue weighted by Crippen LogP contribution is -2.40. The second-order valence-electron chi connectivity index (χ2n) is 5.50. The van der Waals surface area contributed by atoms with Gasteiger partial charge in [0.05, 0.1) is 12.0 Å². The summed E-state index contributed by atoms with van der Waals surface area (Å²) in [5.41, 5.74) is 1.78. The number of hydrogen-bond acceptors (Lipinski definition) is 3. The van der Waals surface area contributed by atoms with Crippen LogP contribution >= 0.6 is 0 Å². The summed E-state index contributed by atoms with van der Waals surface area (Å²) in [5, 5.41) is 0. The van der Waals surface area contributed by atoms with Gasteiger partial charge in [-0.3, -0.25) is 9.36 Å². The zero-order valence-electron chi connectivity index (χ0n) is 10.4. The Hall–Kier alpha value is -1.16. The fourth-order valence-corrected chi connectivity index (χ4v) is 2.03. The molecule has 0 unspecified atom stereocenters. The maximum atomic E-state index is 12.3. The fraction of sp³-hybridized carbons (Fsp3) is 0.667. The summed E-state index contributed by atoms with van der Waals surface area (Å²) >= 11 is 0. The Balaban J connectivity index is 2.53. The standard InChI is InChI=1S/C12H19N3O/c1-12(2,3)15-8-13-10-7-14(4)6-5-9(10)11(15)16/h8H,5-7H2,1-4H3. The van der Waals surface area contributed by atoms with Gasteiger partial charge in [-0.05, 0) is 34.2 Å². The molecule has 1 aliphatic heterocycles. The van der Waals surface area contributed by atoms with Gasteiger partial charge in [0.15, 0.2) is 0 Å². The van der Waals surface area contributed by atoms with Crippen molar-refractivity contribution in [2.24, 2.45) is 0 Å². The summed E-state index contributed by atoms with van der Waals surface area (Å²) in [6.45, 7) is 7.81. The third-order valence-corrected chi connectivity index (χ3v) is 3.04. The molecule has 0 aromatic carbocycles. The molecule has 88 valence electrons. The molecular weight excluding hydrogens is 202 g/mol. The Bertz CT molecular complexity index is 456. The first kappa shape index (κ1) is 11.3. The summed E-state index contributed by atoms with van der Waals surface area (Å²) in [6, 6.07) is 0. The molecule has 1 aliphatic rings. The SMILES string of the molecule is CN1CCc2c(ncn(C(C)(C)C)c2=O)C1. The highest BCUT2D eigenvalue weighted by molar-refractivity contribution is 5.20. The van der Waals surface area contributed by atoms with Gasteiger partial charge in [-0.1, -0.05) is 0 Å². The third kappa shape index (κ3) is 1.89. The van der Waals surface area contributed by atoms with Crippen LogP contribution in [-0.2, 0) is 18.5 Å². The fourth-order valence-electron chi connectivity index (χ4n) is 2.03. The van der Waals surface area contributed by atoms with Crippen LogP contribution in [-0.4, -0.2) is 28.0 Å². The lowest BCUT2D eigenvalue weighted by molar-refractivity contribution is 0.298. The minimum absolute atomic E-state index is 0.130. The van der Waals surface area contributed by atoms with Crippen LogP contribution in [0, 0.1) is 0 Å². The van der Waals surface area contributed by atoms with E-state index in [0.717, 1.165) is 30.8 Å². The molecule has 0 aliphatic carbocycles. The molecular formula is C12H19N3O. The van der Waals surface area contributed by atoms with E-state index in [1.54, 1.807) is 10.9 Å². The number of likely N-dealkylation sites (N-methyl/N-ethyl adjacent to an activating group) is 1. The van der Waals surface area contributed by atoms with Crippen LogP contribution in [0.25, 0.3) is 0 Å². The lowest BCUT2D eigenvalue weighted by atomic mass is 10.0. The minimum Gasteiger partial charge on any atom is -0.300 e. The molecule has 0 amide bonds. The Kier molecular flexibility index (Phi) is 2.62. The van der Waals surface area contributed by atoms with Gasteiger partial charge < -0.3 is 4.90 Å². The van der Waals surface area contributed by atoms with Crippen molar-refractivity contribution in [3.8, 4) is 0 Å². The van der Waals surface area contributed by atoms with E-state index in [4.69, 9.17) is 0 Å². The van der Waals surface area contributed by atoms with Gasteiger partial charge in [0.1, 0.15) is 0 Å². The van der Waals surface area contributed by atoms with E-state index in [2.05, 4.69) is 16.9 Å². The molecule has 0 spiro atoms. The average Bonchev–Trinajstić information content (AvgIpc) is 2.15. The van der Waals surface area contributed by atoms with Crippen LogP contribution in [0.1, 0.15) is 32.0 Å². The maximum absolute atomic E-state index is 12.3. The van der Waals surface area contributed by atoms with Gasteiger partial charge >= 0.3 is 0 Å². The Morgan fingerprint density at radius 2 is 2.06 bits per heavy atom. The van der Waals surface area contributed by atoms with Crippen LogP contribution in [0.3, 0.4) is 0 Å². The topological polar surface area (TPSA) is 38.1 Å². The molecule has 0 fully saturated rings. The Labute approximate surface area is 95.9 Å². The van der Waals surface area contributed by atoms with E-state index in [1.807, 2.05) is 20.8 Å². The van der Waals surface area contributed by atoms with Gasteiger partial charge in [-0.2, -0.15) is 0 Å². The predicted octanol–water partition coefficient (Wildman–Crippen LogP) is 0.986. The summed E-state index contributed by atoms with van der Waals surface area (Å²) in [6.07, 6.45) is 2.49. The zero-order valence-corrected chi connectivity index (χ0v) is 10.4. The van der Waals surface area contributed by atoms with Gasteiger partial charge in [-0.25, -0.2) is 4.98 Å². The molecule has 1 aromatic heterocycles. The van der Waals surface area contributed by atoms with E-state index < -0.39 is 0 Å². The summed E-state index contributed by atoms with van der Waals surface area (Å²) < 4.78 is 1.73. The summed E-state index contributed by atoms with van der Waals surface area (Å²) in [5.74, 6) is 0. The molecule has 0 bridgehead atoms. The smallest absolute Gasteiger partial charge is 0.257 e. The van der Waals surface area contributed by atoms with Crippen molar-refractivity contribution in [3.05, 3.63) is 27.9 Å². The molecule has 16 heavy (non-hydrogen) atoms. The van der Waals surface area contributed by atoms with Crippen LogP contribution in [0.5, 0.6) is 0 Å². The van der Waals surface area contributed by atoms with E-state index in [1.165, 1.54) is 0 Å². The molecule has 2 heterocycles. The molecule has 0 saturated carbocycles. The largest absolute Gasteiger partial charge is 0.300 e. The van der Waals surface area contributed by atoms with Crippen LogP contribution < -0.4 is 5.56 Å². The summed E-state index contributed by atoms with van der Waals surface area (Å²) in [4.78, 5) is 18.9. The molecule has 0 radical (unpaired) electrons. The Morgan fingerprint density at radius 1 is 1.38 bits per heavy atom. The average molecular weight is 221 g/mol. The van der Waals surface area contributed by atoms with Crippen LogP contribution in [0.4, 0.5) is 0 Å². The zero-order chi connectivity index (χ0) is 11.9. The molecule has 1 aromatic rings. The second-order valence-corrected chi connectivity index (χ2v) is 5.50. The van der Waals surface area contributed by atoms with Gasteiger partial charge in [-0.15, -0.1) is 0 Å². The highest BCUT2D eigenvalue weighted by atomic mass is 16.1. The van der Waals surface area contributed by atoms with Crippen molar-refractivity contribution in [2.75, 3.05) is 13.6 Å². The normalized spacial score (nSPS) is 17.2. The Morgan fingerprint density at radius 3 is 2.69 bits per heavy atom. The predicted molar refractivity (Wildman–Crippen MR) is 63.5 cm³/mol. The van der Waals surface area contributed by atoms with Crippen molar-refractivity contribution < 1.29 is 0 Å². The van der Waals surface area contributed by atoms with Crippen LogP contribution in [0.15, 0.2) is 11.1 Å². The molecule has 2 rings (SSSR count). The maximum Gasteiger partial charge on any atom is 0.257 e. The van der Waals surface area contributed by atoms with E-state index in [-0.39, 0.29) is 11.1 Å². The summed E-state index contributed by atoms with van der Waals surface area (Å²) in [7, 11) is 2.06. The first-order valence-corrected chi connectivity index (χ1v) is 5.68. The lowest BCUT2D eigenvalue weighted by Gasteiger charge is -2.27. The number of aromatic nitrogens is 2. The number of rotatable bonds is 0.